The van der Waals surface area contributed by atoms with E-state index in [-0.39, 0.29) is 6.61 Å². The van der Waals surface area contributed by atoms with Crippen LogP contribution in [0.25, 0.3) is 0 Å². The first-order chi connectivity index (χ1) is 8.12. The summed E-state index contributed by atoms with van der Waals surface area (Å²) in [6.07, 6.45) is 5.13. The Morgan fingerprint density at radius 2 is 1.88 bits per heavy atom. The Bertz CT molecular complexity index is 229. The quantitative estimate of drug-likeness (QED) is 0.629. The zero-order valence-electron chi connectivity index (χ0n) is 11.1. The largest absolute Gasteiger partial charge is 0.480 e. The van der Waals surface area contributed by atoms with Crippen molar-refractivity contribution >= 4 is 5.97 Å². The molecule has 0 atom stereocenters. The fraction of sp³-hybridized carbons (Fsp3) is 0.923. The van der Waals surface area contributed by atoms with Gasteiger partial charge in [0.15, 0.2) is 0 Å². The van der Waals surface area contributed by atoms with Crippen molar-refractivity contribution in [3.8, 4) is 0 Å². The second-order valence-electron chi connectivity index (χ2n) is 5.16. The van der Waals surface area contributed by atoms with Crippen LogP contribution in [-0.4, -0.2) is 48.8 Å². The third-order valence-electron chi connectivity index (χ3n) is 3.46. The molecule has 0 unspecified atom stereocenters. The normalized spacial score (nSPS) is 18.9. The summed E-state index contributed by atoms with van der Waals surface area (Å²) in [5, 5.41) is 8.43. The first kappa shape index (κ1) is 14.5. The third-order valence-corrected chi connectivity index (χ3v) is 3.46. The van der Waals surface area contributed by atoms with Gasteiger partial charge in [0.2, 0.25) is 0 Å². The van der Waals surface area contributed by atoms with Crippen molar-refractivity contribution in [2.75, 3.05) is 32.8 Å². The van der Waals surface area contributed by atoms with Crippen LogP contribution in [0.15, 0.2) is 0 Å². The van der Waals surface area contributed by atoms with E-state index in [1.54, 1.807) is 0 Å². The molecule has 1 aliphatic heterocycles. The minimum atomic E-state index is -0.889. The summed E-state index contributed by atoms with van der Waals surface area (Å²) in [5.74, 6) is -0.889. The van der Waals surface area contributed by atoms with E-state index in [4.69, 9.17) is 9.84 Å². The second kappa shape index (κ2) is 6.97. The van der Waals surface area contributed by atoms with Crippen LogP contribution in [0.4, 0.5) is 0 Å². The van der Waals surface area contributed by atoms with Gasteiger partial charge >= 0.3 is 5.97 Å². The van der Waals surface area contributed by atoms with Gasteiger partial charge in [-0.2, -0.15) is 0 Å². The van der Waals surface area contributed by atoms with Gasteiger partial charge in [-0.05, 0) is 18.3 Å². The summed E-state index contributed by atoms with van der Waals surface area (Å²) < 4.78 is 5.05. The lowest BCUT2D eigenvalue weighted by atomic mass is 9.73. The highest BCUT2D eigenvalue weighted by Crippen LogP contribution is 2.39. The van der Waals surface area contributed by atoms with E-state index in [0.29, 0.717) is 12.0 Å². The number of ether oxygens (including phenoxy) is 1. The maximum Gasteiger partial charge on any atom is 0.329 e. The minimum absolute atomic E-state index is 0.178. The lowest BCUT2D eigenvalue weighted by Gasteiger charge is -2.51. The summed E-state index contributed by atoms with van der Waals surface area (Å²) in [6, 6.07) is 0. The van der Waals surface area contributed by atoms with E-state index in [2.05, 4.69) is 18.7 Å². The number of aliphatic carboxylic acids is 1. The first-order valence-corrected chi connectivity index (χ1v) is 6.64. The van der Waals surface area contributed by atoms with E-state index >= 15 is 0 Å². The molecule has 1 fully saturated rings. The molecule has 0 aromatic heterocycles. The Balaban J connectivity index is 2.13. The number of carboxylic acids is 1. The molecule has 1 saturated heterocycles. The molecule has 0 aliphatic carbocycles. The predicted octanol–water partition coefficient (Wildman–Crippen LogP) is 1.99. The average Bonchev–Trinajstić information content (AvgIpc) is 2.21. The molecule has 4 nitrogen and oxygen atoms in total. The summed E-state index contributed by atoms with van der Waals surface area (Å²) in [6.45, 7) is 8.02. The van der Waals surface area contributed by atoms with Gasteiger partial charge in [0.05, 0.1) is 6.61 Å². The summed E-state index contributed by atoms with van der Waals surface area (Å²) in [7, 11) is 0. The van der Waals surface area contributed by atoms with Crippen LogP contribution in [-0.2, 0) is 9.53 Å². The molecular weight excluding hydrogens is 218 g/mol. The molecule has 1 rings (SSSR count). The molecule has 0 saturated carbocycles. The van der Waals surface area contributed by atoms with E-state index < -0.39 is 5.97 Å². The number of hydrogen-bond donors (Lipinski definition) is 1. The number of likely N-dealkylation sites (tertiary alicyclic amines) is 1. The highest BCUT2D eigenvalue weighted by molar-refractivity contribution is 5.67. The smallest absolute Gasteiger partial charge is 0.329 e. The van der Waals surface area contributed by atoms with E-state index in [9.17, 15) is 4.79 Å². The Morgan fingerprint density at radius 1 is 1.29 bits per heavy atom. The van der Waals surface area contributed by atoms with Crippen LogP contribution in [0, 0.1) is 5.41 Å². The predicted molar refractivity (Wildman–Crippen MR) is 67.1 cm³/mol. The van der Waals surface area contributed by atoms with Gasteiger partial charge in [0, 0.05) is 19.6 Å². The van der Waals surface area contributed by atoms with E-state index in [1.807, 2.05) is 0 Å². The zero-order valence-corrected chi connectivity index (χ0v) is 11.1. The Kier molecular flexibility index (Phi) is 5.92. The molecule has 0 bridgehead atoms. The van der Waals surface area contributed by atoms with Crippen molar-refractivity contribution in [3.63, 3.8) is 0 Å². The zero-order chi connectivity index (χ0) is 12.7. The van der Waals surface area contributed by atoms with Crippen molar-refractivity contribution in [2.24, 2.45) is 5.41 Å². The lowest BCUT2D eigenvalue weighted by molar-refractivity contribution is -0.142. The molecule has 0 spiro atoms. The Labute approximate surface area is 104 Å². The Morgan fingerprint density at radius 3 is 2.35 bits per heavy atom. The van der Waals surface area contributed by atoms with E-state index in [1.165, 1.54) is 25.7 Å². The molecule has 4 heteroatoms. The molecular formula is C13H25NO3. The fourth-order valence-corrected chi connectivity index (χ4v) is 2.92. The summed E-state index contributed by atoms with van der Waals surface area (Å²) in [4.78, 5) is 12.6. The number of hydrogen-bond acceptors (Lipinski definition) is 3. The van der Waals surface area contributed by atoms with Gasteiger partial charge in [-0.1, -0.05) is 26.7 Å². The van der Waals surface area contributed by atoms with Crippen LogP contribution < -0.4 is 0 Å². The van der Waals surface area contributed by atoms with Gasteiger partial charge in [-0.15, -0.1) is 0 Å². The van der Waals surface area contributed by atoms with Gasteiger partial charge < -0.3 is 9.84 Å². The van der Waals surface area contributed by atoms with Crippen molar-refractivity contribution in [1.82, 2.24) is 4.90 Å². The SMILES string of the molecule is CCCC1(CCC)CN(CCOCC(=O)O)C1. The van der Waals surface area contributed by atoms with Gasteiger partial charge in [-0.25, -0.2) is 4.79 Å². The standard InChI is InChI=1S/C13H25NO3/c1-3-5-13(6-4-2)10-14(11-13)7-8-17-9-12(15)16/h3-11H2,1-2H3,(H,15,16). The molecule has 0 aromatic rings. The van der Waals surface area contributed by atoms with Gasteiger partial charge in [-0.3, -0.25) is 4.90 Å². The van der Waals surface area contributed by atoms with Crippen LogP contribution in [0.3, 0.4) is 0 Å². The van der Waals surface area contributed by atoms with Crippen molar-refractivity contribution in [2.45, 2.75) is 39.5 Å². The molecule has 0 radical (unpaired) electrons. The maximum absolute atomic E-state index is 10.3. The van der Waals surface area contributed by atoms with Crippen molar-refractivity contribution < 1.29 is 14.6 Å². The first-order valence-electron chi connectivity index (χ1n) is 6.64. The van der Waals surface area contributed by atoms with Gasteiger partial charge in [0.1, 0.15) is 6.61 Å². The number of carbonyl (C=O) groups is 1. The minimum Gasteiger partial charge on any atom is -0.480 e. The molecule has 17 heavy (non-hydrogen) atoms. The molecule has 0 aromatic carbocycles. The summed E-state index contributed by atoms with van der Waals surface area (Å²) in [5.41, 5.74) is 0.538. The van der Waals surface area contributed by atoms with Crippen LogP contribution in [0.5, 0.6) is 0 Å². The lowest BCUT2D eigenvalue weighted by Crippen LogP contribution is -2.56. The highest BCUT2D eigenvalue weighted by Gasteiger charge is 2.40. The highest BCUT2D eigenvalue weighted by atomic mass is 16.5. The Hall–Kier alpha value is -0.610. The van der Waals surface area contributed by atoms with Crippen LogP contribution in [0.1, 0.15) is 39.5 Å². The average molecular weight is 243 g/mol. The van der Waals surface area contributed by atoms with Crippen molar-refractivity contribution in [3.05, 3.63) is 0 Å². The topological polar surface area (TPSA) is 49.8 Å². The number of carboxylic acid groups (broad SMARTS) is 1. The second-order valence-corrected chi connectivity index (χ2v) is 5.16. The third kappa shape index (κ3) is 4.64. The molecule has 1 heterocycles. The van der Waals surface area contributed by atoms with Crippen LogP contribution in [0.2, 0.25) is 0 Å². The monoisotopic (exact) mass is 243 g/mol. The molecule has 1 N–H and O–H groups in total. The molecule has 100 valence electrons. The number of rotatable bonds is 9. The van der Waals surface area contributed by atoms with E-state index in [0.717, 1.165) is 19.6 Å². The maximum atomic E-state index is 10.3. The summed E-state index contributed by atoms with van der Waals surface area (Å²) >= 11 is 0. The van der Waals surface area contributed by atoms with Crippen molar-refractivity contribution in [1.29, 1.82) is 0 Å². The van der Waals surface area contributed by atoms with Crippen LogP contribution >= 0.6 is 0 Å². The number of nitrogens with zero attached hydrogens (tertiary/aromatic N) is 1. The molecule has 0 amide bonds. The van der Waals surface area contributed by atoms with Gasteiger partial charge in [0.25, 0.3) is 0 Å². The fourth-order valence-electron chi connectivity index (χ4n) is 2.92. The molecule has 1 aliphatic rings.